The Balaban J connectivity index is 0.00000324. The molecule has 0 aliphatic rings. The van der Waals surface area contributed by atoms with Gasteiger partial charge in [-0.1, -0.05) is 48.5 Å². The van der Waals surface area contributed by atoms with Gasteiger partial charge >= 0.3 is 0 Å². The number of nitrogens with zero attached hydrogens (tertiary/aromatic N) is 1. The summed E-state index contributed by atoms with van der Waals surface area (Å²) in [5, 5.41) is 4.09. The van der Waals surface area contributed by atoms with Crippen molar-refractivity contribution in [1.82, 2.24) is 11.0 Å². The third-order valence-electron chi connectivity index (χ3n) is 5.52. The highest BCUT2D eigenvalue weighted by Crippen LogP contribution is 2.33. The maximum atomic E-state index is 13.3. The van der Waals surface area contributed by atoms with E-state index in [1.807, 2.05) is 81.4 Å². The summed E-state index contributed by atoms with van der Waals surface area (Å²) in [7, 11) is 0. The Labute approximate surface area is 193 Å². The van der Waals surface area contributed by atoms with E-state index in [4.69, 9.17) is 10.3 Å². The molecule has 1 aromatic heterocycles. The predicted molar refractivity (Wildman–Crippen MR) is 137 cm³/mol. The lowest BCUT2D eigenvalue weighted by atomic mass is 9.98. The summed E-state index contributed by atoms with van der Waals surface area (Å²) in [5.74, 6) is 5.82. The summed E-state index contributed by atoms with van der Waals surface area (Å²) in [6.45, 7) is 5.84. The first kappa shape index (κ1) is 22.3. The molecular formula is C26H29N5O2. The second-order valence-corrected chi connectivity index (χ2v) is 7.91. The fourth-order valence-electron chi connectivity index (χ4n) is 3.91. The van der Waals surface area contributed by atoms with Crippen molar-refractivity contribution in [2.45, 2.75) is 26.8 Å². The van der Waals surface area contributed by atoms with Crippen LogP contribution in [-0.4, -0.2) is 6.34 Å². The summed E-state index contributed by atoms with van der Waals surface area (Å²) in [6.07, 6.45) is 1.47. The van der Waals surface area contributed by atoms with E-state index in [1.54, 1.807) is 0 Å². The average Bonchev–Trinajstić information content (AvgIpc) is 2.83. The van der Waals surface area contributed by atoms with Crippen LogP contribution in [0.4, 0.5) is 11.4 Å². The van der Waals surface area contributed by atoms with Gasteiger partial charge in [-0.05, 0) is 44.5 Å². The summed E-state index contributed by atoms with van der Waals surface area (Å²) >= 11 is 0. The van der Waals surface area contributed by atoms with Crippen LogP contribution in [0.3, 0.4) is 0 Å². The normalized spacial score (nSPS) is 12.2. The maximum Gasteiger partial charge on any atom is 0.196 e. The molecule has 4 aromatic rings. The van der Waals surface area contributed by atoms with Crippen LogP contribution in [-0.2, 0) is 0 Å². The van der Waals surface area contributed by atoms with Crippen molar-refractivity contribution < 1.29 is 5.84 Å². The van der Waals surface area contributed by atoms with Crippen molar-refractivity contribution in [3.63, 3.8) is 0 Å². The lowest BCUT2D eigenvalue weighted by Crippen LogP contribution is -2.36. The number of anilines is 1. The monoisotopic (exact) mass is 443 g/mol. The number of rotatable bonds is 7. The Morgan fingerprint density at radius 2 is 1.79 bits per heavy atom. The van der Waals surface area contributed by atoms with Crippen LogP contribution >= 0.6 is 0 Å². The number of nitrogens with two attached hydrogens (primary N) is 1. The molecule has 1 unspecified atom stereocenters. The van der Waals surface area contributed by atoms with E-state index in [-0.39, 0.29) is 12.9 Å². The SMILES string of the molecule is Cc1cc(C(C)Nc2ccccc2N=CNNN)c2oc(-c3ccccc3)c(C)c(=O)c2c1.[HH]. The Bertz CT molecular complexity index is 1370. The predicted octanol–water partition coefficient (Wildman–Crippen LogP) is 5.12. The lowest BCUT2D eigenvalue weighted by molar-refractivity contribution is 0.605. The van der Waals surface area contributed by atoms with Gasteiger partial charge in [-0.3, -0.25) is 16.1 Å². The third kappa shape index (κ3) is 4.64. The average molecular weight is 444 g/mol. The van der Waals surface area contributed by atoms with Gasteiger partial charge in [0.05, 0.1) is 22.8 Å². The van der Waals surface area contributed by atoms with E-state index in [1.165, 1.54) is 6.34 Å². The van der Waals surface area contributed by atoms with Crippen LogP contribution in [0.25, 0.3) is 22.3 Å². The van der Waals surface area contributed by atoms with Crippen molar-refractivity contribution in [2.24, 2.45) is 10.8 Å². The number of hydrogen-bond donors (Lipinski definition) is 4. The maximum absolute atomic E-state index is 13.3. The van der Waals surface area contributed by atoms with E-state index in [0.717, 1.165) is 28.1 Å². The summed E-state index contributed by atoms with van der Waals surface area (Å²) in [4.78, 5) is 17.7. The first-order valence-electron chi connectivity index (χ1n) is 10.7. The molecule has 1 heterocycles. The Kier molecular flexibility index (Phi) is 6.53. The quantitative estimate of drug-likeness (QED) is 0.137. The lowest BCUT2D eigenvalue weighted by Gasteiger charge is -2.19. The zero-order chi connectivity index (χ0) is 23.4. The van der Waals surface area contributed by atoms with E-state index < -0.39 is 0 Å². The molecule has 0 saturated heterocycles. The minimum atomic E-state index is -0.154. The van der Waals surface area contributed by atoms with Crippen molar-refractivity contribution in [3.8, 4) is 11.3 Å². The van der Waals surface area contributed by atoms with Crippen LogP contribution in [0.15, 0.2) is 80.9 Å². The Hall–Kier alpha value is -3.94. The zero-order valence-electron chi connectivity index (χ0n) is 18.8. The largest absolute Gasteiger partial charge is 0.455 e. The number of hydrogen-bond acceptors (Lipinski definition) is 6. The van der Waals surface area contributed by atoms with Crippen molar-refractivity contribution in [1.29, 1.82) is 0 Å². The molecule has 7 heteroatoms. The molecule has 7 nitrogen and oxygen atoms in total. The first-order chi connectivity index (χ1) is 16.0. The van der Waals surface area contributed by atoms with E-state index in [2.05, 4.69) is 27.3 Å². The minimum Gasteiger partial charge on any atom is -0.455 e. The molecule has 0 aliphatic carbocycles. The van der Waals surface area contributed by atoms with Crippen molar-refractivity contribution in [3.05, 3.63) is 93.6 Å². The number of nitrogens with one attached hydrogen (secondary N) is 3. The highest BCUT2D eigenvalue weighted by Gasteiger charge is 2.19. The fraction of sp³-hybridized carbons (Fsp3) is 0.154. The summed E-state index contributed by atoms with van der Waals surface area (Å²) < 4.78 is 6.41. The zero-order valence-corrected chi connectivity index (χ0v) is 18.8. The van der Waals surface area contributed by atoms with Gasteiger partial charge in [-0.2, -0.15) is 5.53 Å². The molecule has 0 radical (unpaired) electrons. The molecule has 170 valence electrons. The van der Waals surface area contributed by atoms with E-state index in [9.17, 15) is 4.79 Å². The van der Waals surface area contributed by atoms with Crippen LogP contribution in [0.1, 0.15) is 31.1 Å². The highest BCUT2D eigenvalue weighted by atomic mass is 16.3. The van der Waals surface area contributed by atoms with Gasteiger partial charge in [0.2, 0.25) is 0 Å². The number of fused-ring (bicyclic) bond motifs is 1. The number of para-hydroxylation sites is 2. The molecule has 3 aromatic carbocycles. The standard InChI is InChI=1S/C26H27N5O2.H2/c1-16-13-20(18(3)30-23-12-8-7-11-22(23)28-15-29-31-27)26-21(14-16)24(32)17(2)25(33-26)19-9-5-4-6-10-19;/h4-15,18,30-31H,27H2,1-3H3,(H,28,29);1H. The van der Waals surface area contributed by atoms with Gasteiger partial charge in [0.25, 0.3) is 0 Å². The molecule has 0 saturated carbocycles. The smallest absolute Gasteiger partial charge is 0.196 e. The van der Waals surface area contributed by atoms with E-state index in [0.29, 0.717) is 22.3 Å². The van der Waals surface area contributed by atoms with Crippen LogP contribution in [0.2, 0.25) is 0 Å². The number of benzene rings is 3. The van der Waals surface area contributed by atoms with Gasteiger partial charge in [0, 0.05) is 18.1 Å². The number of aryl methyl sites for hydroxylation is 1. The Morgan fingerprint density at radius 1 is 1.06 bits per heavy atom. The second kappa shape index (κ2) is 9.68. The summed E-state index contributed by atoms with van der Waals surface area (Å²) in [5.41, 5.74) is 10.5. The molecule has 0 bridgehead atoms. The van der Waals surface area contributed by atoms with E-state index >= 15 is 0 Å². The number of aliphatic imine (C=N–C) groups is 1. The molecule has 5 N–H and O–H groups in total. The molecule has 33 heavy (non-hydrogen) atoms. The van der Waals surface area contributed by atoms with Crippen LogP contribution in [0, 0.1) is 13.8 Å². The minimum absolute atomic E-state index is 0. The molecular weight excluding hydrogens is 414 g/mol. The molecule has 0 fully saturated rings. The molecule has 0 spiro atoms. The second-order valence-electron chi connectivity index (χ2n) is 7.91. The van der Waals surface area contributed by atoms with Gasteiger partial charge < -0.3 is 9.73 Å². The van der Waals surface area contributed by atoms with Gasteiger partial charge in [0.15, 0.2) is 5.43 Å². The molecule has 4 rings (SSSR count). The number of hydrazine groups is 2. The molecule has 0 aliphatic heterocycles. The summed E-state index contributed by atoms with van der Waals surface area (Å²) in [6, 6.07) is 21.2. The topological polar surface area (TPSA) is 105 Å². The van der Waals surface area contributed by atoms with Gasteiger partial charge in [-0.25, -0.2) is 4.99 Å². The van der Waals surface area contributed by atoms with Gasteiger partial charge in [0.1, 0.15) is 17.7 Å². The van der Waals surface area contributed by atoms with Crippen LogP contribution in [0.5, 0.6) is 0 Å². The Morgan fingerprint density at radius 3 is 2.55 bits per heavy atom. The highest BCUT2D eigenvalue weighted by molar-refractivity contribution is 5.85. The van der Waals surface area contributed by atoms with Gasteiger partial charge in [-0.15, -0.1) is 0 Å². The molecule has 1 atom stereocenters. The molecule has 0 amide bonds. The first-order valence-corrected chi connectivity index (χ1v) is 10.7. The fourth-order valence-corrected chi connectivity index (χ4v) is 3.91. The van der Waals surface area contributed by atoms with Crippen molar-refractivity contribution >= 4 is 28.7 Å². The van der Waals surface area contributed by atoms with Crippen molar-refractivity contribution in [2.75, 3.05) is 5.32 Å². The third-order valence-corrected chi connectivity index (χ3v) is 5.52. The van der Waals surface area contributed by atoms with Crippen LogP contribution < -0.4 is 27.5 Å².